The SMILES string of the molecule is CCC(C)(C)[C@@H]1CCc2c(sc(NC(=O)c3cc(-c4ccc(C)s4)nc4ccccc34)c2C(=O)OC)C1. The molecule has 1 atom stereocenters. The van der Waals surface area contributed by atoms with Crippen LogP contribution in [0, 0.1) is 18.3 Å². The molecular formula is C30H32N2O3S2. The standard InChI is InChI=1S/C30H32N2O3S2/c1-6-30(3,4)18-12-13-20-25(15-18)37-28(26(20)29(34)35-5)32-27(33)21-16-23(24-14-11-17(2)36-24)31-22-10-8-7-9-19(21)22/h7-11,14,16,18H,6,12-13,15H2,1-5H3,(H,32,33)/t18-/m1/s1. The van der Waals surface area contributed by atoms with Crippen LogP contribution in [0.3, 0.4) is 0 Å². The van der Waals surface area contributed by atoms with Crippen molar-refractivity contribution in [1.82, 2.24) is 4.98 Å². The fourth-order valence-electron chi connectivity index (χ4n) is 5.18. The number of nitrogens with one attached hydrogen (secondary N) is 1. The van der Waals surface area contributed by atoms with Crippen molar-refractivity contribution in [3.63, 3.8) is 0 Å². The summed E-state index contributed by atoms with van der Waals surface area (Å²) in [5, 5.41) is 4.45. The van der Waals surface area contributed by atoms with Gasteiger partial charge in [-0.25, -0.2) is 9.78 Å². The van der Waals surface area contributed by atoms with Crippen LogP contribution in [0.5, 0.6) is 0 Å². The van der Waals surface area contributed by atoms with Crippen molar-refractivity contribution in [2.24, 2.45) is 11.3 Å². The van der Waals surface area contributed by atoms with Gasteiger partial charge in [0.05, 0.1) is 34.3 Å². The number of carbonyl (C=O) groups excluding carboxylic acids is 2. The molecule has 0 spiro atoms. The third-order valence-corrected chi connectivity index (χ3v) is 10.0. The van der Waals surface area contributed by atoms with Gasteiger partial charge in [-0.15, -0.1) is 22.7 Å². The molecule has 0 aliphatic heterocycles. The summed E-state index contributed by atoms with van der Waals surface area (Å²) in [6.07, 6.45) is 3.87. The zero-order chi connectivity index (χ0) is 26.3. The van der Waals surface area contributed by atoms with Crippen molar-refractivity contribution in [2.45, 2.75) is 53.4 Å². The van der Waals surface area contributed by atoms with Crippen LogP contribution in [0.2, 0.25) is 0 Å². The summed E-state index contributed by atoms with van der Waals surface area (Å²) in [7, 11) is 1.40. The first-order valence-electron chi connectivity index (χ1n) is 12.7. The van der Waals surface area contributed by atoms with Crippen molar-refractivity contribution >= 4 is 50.5 Å². The fraction of sp³-hybridized carbons (Fsp3) is 0.367. The highest BCUT2D eigenvalue weighted by Crippen LogP contribution is 2.46. The molecule has 1 aliphatic carbocycles. The van der Waals surface area contributed by atoms with Crippen LogP contribution in [0.1, 0.15) is 69.6 Å². The van der Waals surface area contributed by atoms with Gasteiger partial charge in [0, 0.05) is 15.1 Å². The number of nitrogens with zero attached hydrogens (tertiary/aromatic N) is 1. The molecule has 37 heavy (non-hydrogen) atoms. The number of hydrogen-bond donors (Lipinski definition) is 1. The van der Waals surface area contributed by atoms with Crippen LogP contribution in [-0.4, -0.2) is 24.0 Å². The lowest BCUT2D eigenvalue weighted by Crippen LogP contribution is -2.28. The van der Waals surface area contributed by atoms with Crippen LogP contribution in [0.4, 0.5) is 5.00 Å². The first-order chi connectivity index (χ1) is 17.7. The molecule has 7 heteroatoms. The molecule has 5 nitrogen and oxygen atoms in total. The lowest BCUT2D eigenvalue weighted by molar-refractivity contribution is 0.0600. The first-order valence-corrected chi connectivity index (χ1v) is 14.4. The van der Waals surface area contributed by atoms with Crippen LogP contribution in [0.25, 0.3) is 21.5 Å². The van der Waals surface area contributed by atoms with E-state index in [1.54, 1.807) is 11.3 Å². The minimum absolute atomic E-state index is 0.225. The third-order valence-electron chi connectivity index (χ3n) is 7.85. The Labute approximate surface area is 225 Å². The smallest absolute Gasteiger partial charge is 0.341 e. The average Bonchev–Trinajstić information content (AvgIpc) is 3.50. The Morgan fingerprint density at radius 3 is 2.65 bits per heavy atom. The zero-order valence-electron chi connectivity index (χ0n) is 21.9. The van der Waals surface area contributed by atoms with E-state index in [1.807, 2.05) is 36.4 Å². The van der Waals surface area contributed by atoms with E-state index < -0.39 is 5.97 Å². The van der Waals surface area contributed by atoms with Crippen LogP contribution in [0.15, 0.2) is 42.5 Å². The number of rotatable bonds is 6. The molecule has 0 saturated heterocycles. The number of anilines is 1. The van der Waals surface area contributed by atoms with Gasteiger partial charge in [-0.1, -0.05) is 45.4 Å². The normalized spacial score (nSPS) is 15.4. The molecule has 4 aromatic rings. The highest BCUT2D eigenvalue weighted by atomic mass is 32.1. The maximum Gasteiger partial charge on any atom is 0.341 e. The minimum Gasteiger partial charge on any atom is -0.465 e. The van der Waals surface area contributed by atoms with E-state index in [-0.39, 0.29) is 11.3 Å². The van der Waals surface area contributed by atoms with E-state index in [1.165, 1.54) is 28.2 Å². The number of aryl methyl sites for hydroxylation is 1. The maximum atomic E-state index is 13.8. The lowest BCUT2D eigenvalue weighted by Gasteiger charge is -2.36. The number of hydrogen-bond acceptors (Lipinski definition) is 6. The predicted octanol–water partition coefficient (Wildman–Crippen LogP) is 7.91. The predicted molar refractivity (Wildman–Crippen MR) is 153 cm³/mol. The molecule has 0 unspecified atom stereocenters. The van der Waals surface area contributed by atoms with Crippen molar-refractivity contribution < 1.29 is 14.3 Å². The Hall–Kier alpha value is -3.03. The van der Waals surface area contributed by atoms with Gasteiger partial charge in [0.2, 0.25) is 0 Å². The number of pyridine rings is 1. The van der Waals surface area contributed by atoms with Gasteiger partial charge >= 0.3 is 5.97 Å². The Kier molecular flexibility index (Phi) is 6.94. The second-order valence-corrected chi connectivity index (χ2v) is 12.8. The molecule has 0 saturated carbocycles. The van der Waals surface area contributed by atoms with Crippen molar-refractivity contribution in [3.05, 3.63) is 68.9 Å². The zero-order valence-corrected chi connectivity index (χ0v) is 23.6. The summed E-state index contributed by atoms with van der Waals surface area (Å²) in [5.74, 6) is -0.101. The number of benzene rings is 1. The molecule has 3 aromatic heterocycles. The van der Waals surface area contributed by atoms with E-state index in [4.69, 9.17) is 9.72 Å². The summed E-state index contributed by atoms with van der Waals surface area (Å²) in [4.78, 5) is 34.9. The molecule has 1 N–H and O–H groups in total. The number of para-hydroxylation sites is 1. The van der Waals surface area contributed by atoms with Crippen LogP contribution < -0.4 is 5.32 Å². The monoisotopic (exact) mass is 532 g/mol. The third kappa shape index (κ3) is 4.82. The van der Waals surface area contributed by atoms with E-state index in [0.29, 0.717) is 22.0 Å². The van der Waals surface area contributed by atoms with Crippen molar-refractivity contribution in [1.29, 1.82) is 0 Å². The average molecular weight is 533 g/mol. The Morgan fingerprint density at radius 1 is 1.16 bits per heavy atom. The highest BCUT2D eigenvalue weighted by Gasteiger charge is 2.35. The molecule has 1 aromatic carbocycles. The number of aromatic nitrogens is 1. The number of thiophene rings is 2. The van der Waals surface area contributed by atoms with Gasteiger partial charge in [-0.2, -0.15) is 0 Å². The van der Waals surface area contributed by atoms with Gasteiger partial charge in [0.15, 0.2) is 0 Å². The number of methoxy groups -OCH3 is 1. The summed E-state index contributed by atoms with van der Waals surface area (Å²) in [5.41, 5.74) is 3.84. The largest absolute Gasteiger partial charge is 0.465 e. The summed E-state index contributed by atoms with van der Waals surface area (Å²) < 4.78 is 5.16. The van der Waals surface area contributed by atoms with E-state index >= 15 is 0 Å². The number of ether oxygens (including phenoxy) is 1. The Balaban J connectivity index is 1.55. The van der Waals surface area contributed by atoms with E-state index in [9.17, 15) is 9.59 Å². The second-order valence-electron chi connectivity index (χ2n) is 10.4. The van der Waals surface area contributed by atoms with Crippen LogP contribution in [-0.2, 0) is 17.6 Å². The molecule has 0 bridgehead atoms. The molecule has 0 fully saturated rings. The number of carbonyl (C=O) groups is 2. The fourth-order valence-corrected chi connectivity index (χ4v) is 7.32. The quantitative estimate of drug-likeness (QED) is 0.256. The van der Waals surface area contributed by atoms with Gasteiger partial charge in [0.25, 0.3) is 5.91 Å². The highest BCUT2D eigenvalue weighted by molar-refractivity contribution is 7.17. The summed E-state index contributed by atoms with van der Waals surface area (Å²) >= 11 is 3.17. The van der Waals surface area contributed by atoms with Crippen LogP contribution >= 0.6 is 22.7 Å². The molecular weight excluding hydrogens is 500 g/mol. The first kappa shape index (κ1) is 25.6. The Morgan fingerprint density at radius 2 is 1.95 bits per heavy atom. The topological polar surface area (TPSA) is 68.3 Å². The molecule has 3 heterocycles. The molecule has 5 rings (SSSR count). The van der Waals surface area contributed by atoms with Gasteiger partial charge in [-0.3, -0.25) is 4.79 Å². The molecule has 1 amide bonds. The molecule has 0 radical (unpaired) electrons. The van der Waals surface area contributed by atoms with E-state index in [2.05, 4.69) is 39.1 Å². The lowest BCUT2D eigenvalue weighted by atomic mass is 9.69. The number of esters is 1. The van der Waals surface area contributed by atoms with Gasteiger partial charge < -0.3 is 10.1 Å². The molecule has 192 valence electrons. The van der Waals surface area contributed by atoms with Gasteiger partial charge in [0.1, 0.15) is 5.00 Å². The molecule has 1 aliphatic rings. The second kappa shape index (κ2) is 10.0. The summed E-state index contributed by atoms with van der Waals surface area (Å²) in [6.45, 7) is 8.94. The summed E-state index contributed by atoms with van der Waals surface area (Å²) in [6, 6.07) is 13.6. The number of fused-ring (bicyclic) bond motifs is 2. The number of amides is 1. The van der Waals surface area contributed by atoms with Crippen molar-refractivity contribution in [2.75, 3.05) is 12.4 Å². The Bertz CT molecular complexity index is 1500. The van der Waals surface area contributed by atoms with Crippen molar-refractivity contribution in [3.8, 4) is 10.6 Å². The van der Waals surface area contributed by atoms with Gasteiger partial charge in [-0.05, 0) is 67.3 Å². The minimum atomic E-state index is -0.393. The maximum absolute atomic E-state index is 13.8. The van der Waals surface area contributed by atoms with E-state index in [0.717, 1.165) is 52.7 Å².